The molecule has 2 unspecified atom stereocenters. The number of benzene rings is 2. The molecule has 2 atom stereocenters. The number of nitrogens with one attached hydrogen (secondary N) is 2. The number of carbonyl (C=O) groups is 1. The van der Waals surface area contributed by atoms with Gasteiger partial charge in [0.1, 0.15) is 5.82 Å². The van der Waals surface area contributed by atoms with Crippen LogP contribution in [0.2, 0.25) is 0 Å². The molecule has 0 spiro atoms. The molecule has 32 heavy (non-hydrogen) atoms. The Balaban J connectivity index is 1.16. The van der Waals surface area contributed by atoms with Crippen molar-refractivity contribution in [2.45, 2.75) is 32.2 Å². The first kappa shape index (κ1) is 20.5. The maximum Gasteiger partial charge on any atom is 0.319 e. The van der Waals surface area contributed by atoms with Crippen LogP contribution in [0.1, 0.15) is 26.7 Å². The molecule has 2 heterocycles. The van der Waals surface area contributed by atoms with E-state index in [1.165, 1.54) is 12.1 Å². The van der Waals surface area contributed by atoms with Gasteiger partial charge in [0.05, 0.1) is 0 Å². The molecule has 2 aromatic carbocycles. The molecule has 7 nitrogen and oxygen atoms in total. The third-order valence-electron chi connectivity index (χ3n) is 6.12. The van der Waals surface area contributed by atoms with E-state index >= 15 is 0 Å². The van der Waals surface area contributed by atoms with Crippen LogP contribution in [0.3, 0.4) is 0 Å². The standard InChI is InChI=1S/C24H26FN5O2/c1-24(2,3)22-29-28-21(32-22)14-5-4-6-16(11-14)26-23(31)27-20-18-12-30(13-19(18)20)17-9-7-15(25)8-10-17/h4-11,18-20H,12-13H2,1-3H3,(H2,26,27,31). The molecule has 2 fully saturated rings. The van der Waals surface area contributed by atoms with E-state index < -0.39 is 0 Å². The lowest BCUT2D eigenvalue weighted by molar-refractivity contribution is 0.250. The summed E-state index contributed by atoms with van der Waals surface area (Å²) in [6, 6.07) is 13.9. The highest BCUT2D eigenvalue weighted by atomic mass is 19.1. The van der Waals surface area contributed by atoms with Crippen LogP contribution in [0.15, 0.2) is 52.9 Å². The monoisotopic (exact) mass is 435 g/mol. The molecule has 1 aliphatic heterocycles. The van der Waals surface area contributed by atoms with Crippen molar-refractivity contribution in [3.63, 3.8) is 0 Å². The zero-order valence-electron chi connectivity index (χ0n) is 18.3. The quantitative estimate of drug-likeness (QED) is 0.634. The van der Waals surface area contributed by atoms with Gasteiger partial charge < -0.3 is 20.0 Å². The van der Waals surface area contributed by atoms with Gasteiger partial charge in [-0.3, -0.25) is 0 Å². The molecule has 2 aliphatic rings. The fourth-order valence-electron chi connectivity index (χ4n) is 4.29. The smallest absolute Gasteiger partial charge is 0.319 e. The Hall–Kier alpha value is -3.42. The summed E-state index contributed by atoms with van der Waals surface area (Å²) in [4.78, 5) is 14.8. The van der Waals surface area contributed by atoms with E-state index in [0.29, 0.717) is 29.3 Å². The second-order valence-corrected chi connectivity index (χ2v) is 9.58. The minimum absolute atomic E-state index is 0.167. The molecule has 5 rings (SSSR count). The van der Waals surface area contributed by atoms with Crippen LogP contribution < -0.4 is 15.5 Å². The molecule has 3 aromatic rings. The van der Waals surface area contributed by atoms with Gasteiger partial charge in [0.25, 0.3) is 0 Å². The molecule has 2 amide bonds. The van der Waals surface area contributed by atoms with Crippen molar-refractivity contribution in [1.29, 1.82) is 0 Å². The number of hydrogen-bond donors (Lipinski definition) is 2. The third kappa shape index (κ3) is 4.04. The Bertz CT molecular complexity index is 1130. The van der Waals surface area contributed by atoms with E-state index in [0.717, 1.165) is 24.3 Å². The minimum Gasteiger partial charge on any atom is -0.420 e. The maximum absolute atomic E-state index is 13.1. The number of rotatable bonds is 4. The molecule has 0 radical (unpaired) electrons. The van der Waals surface area contributed by atoms with Gasteiger partial charge in [-0.15, -0.1) is 10.2 Å². The van der Waals surface area contributed by atoms with Crippen LogP contribution in [-0.4, -0.2) is 35.4 Å². The van der Waals surface area contributed by atoms with Crippen LogP contribution in [0, 0.1) is 17.7 Å². The predicted molar refractivity (Wildman–Crippen MR) is 120 cm³/mol. The molecule has 1 saturated carbocycles. The summed E-state index contributed by atoms with van der Waals surface area (Å²) in [6.45, 7) is 7.77. The van der Waals surface area contributed by atoms with Crippen molar-refractivity contribution in [3.8, 4) is 11.5 Å². The van der Waals surface area contributed by atoms with E-state index in [-0.39, 0.29) is 23.3 Å². The average molecular weight is 436 g/mol. The molecule has 1 aliphatic carbocycles. The number of amides is 2. The highest BCUT2D eigenvalue weighted by Crippen LogP contribution is 2.46. The summed E-state index contributed by atoms with van der Waals surface area (Å²) in [7, 11) is 0. The van der Waals surface area contributed by atoms with Crippen LogP contribution >= 0.6 is 0 Å². The Kier molecular flexibility index (Phi) is 4.87. The molecular formula is C24H26FN5O2. The van der Waals surface area contributed by atoms with E-state index in [9.17, 15) is 9.18 Å². The van der Waals surface area contributed by atoms with E-state index in [4.69, 9.17) is 4.42 Å². The number of halogens is 1. The number of aromatic nitrogens is 2. The van der Waals surface area contributed by atoms with Gasteiger partial charge in [0.2, 0.25) is 11.8 Å². The van der Waals surface area contributed by atoms with Gasteiger partial charge in [-0.1, -0.05) is 26.8 Å². The summed E-state index contributed by atoms with van der Waals surface area (Å²) in [5.74, 6) is 1.61. The fraction of sp³-hybridized carbons (Fsp3) is 0.375. The molecule has 1 saturated heterocycles. The van der Waals surface area contributed by atoms with Crippen molar-refractivity contribution < 1.29 is 13.6 Å². The van der Waals surface area contributed by atoms with Gasteiger partial charge in [-0.2, -0.15) is 0 Å². The molecule has 0 bridgehead atoms. The van der Waals surface area contributed by atoms with Gasteiger partial charge >= 0.3 is 6.03 Å². The molecular weight excluding hydrogens is 409 g/mol. The molecule has 1 aromatic heterocycles. The van der Waals surface area contributed by atoms with E-state index in [1.54, 1.807) is 12.1 Å². The second-order valence-electron chi connectivity index (χ2n) is 9.58. The van der Waals surface area contributed by atoms with Crippen molar-refractivity contribution in [2.75, 3.05) is 23.3 Å². The molecule has 8 heteroatoms. The third-order valence-corrected chi connectivity index (χ3v) is 6.12. The average Bonchev–Trinajstić information content (AvgIpc) is 3.16. The first-order valence-electron chi connectivity index (χ1n) is 10.8. The predicted octanol–water partition coefficient (Wildman–Crippen LogP) is 4.43. The zero-order chi connectivity index (χ0) is 22.5. The first-order valence-corrected chi connectivity index (χ1v) is 10.8. The second kappa shape index (κ2) is 7.62. The van der Waals surface area contributed by atoms with Crippen LogP contribution in [0.25, 0.3) is 11.5 Å². The number of hydrogen-bond acceptors (Lipinski definition) is 5. The Morgan fingerprint density at radius 1 is 1.09 bits per heavy atom. The van der Waals surface area contributed by atoms with E-state index in [1.807, 2.05) is 45.0 Å². The summed E-state index contributed by atoms with van der Waals surface area (Å²) in [5, 5.41) is 14.2. The zero-order valence-corrected chi connectivity index (χ0v) is 18.3. The largest absolute Gasteiger partial charge is 0.420 e. The van der Waals surface area contributed by atoms with Crippen molar-refractivity contribution in [1.82, 2.24) is 15.5 Å². The number of anilines is 2. The summed E-state index contributed by atoms with van der Waals surface area (Å²) in [6.07, 6.45) is 0. The van der Waals surface area contributed by atoms with Crippen LogP contribution in [0.5, 0.6) is 0 Å². The Labute approximate surface area is 186 Å². The van der Waals surface area contributed by atoms with Crippen molar-refractivity contribution in [3.05, 3.63) is 60.2 Å². The lowest BCUT2D eigenvalue weighted by Gasteiger charge is -2.22. The summed E-state index contributed by atoms with van der Waals surface area (Å²) < 4.78 is 18.9. The highest BCUT2D eigenvalue weighted by Gasteiger charge is 2.56. The highest BCUT2D eigenvalue weighted by molar-refractivity contribution is 5.90. The number of carbonyl (C=O) groups excluding carboxylic acids is 1. The lowest BCUT2D eigenvalue weighted by atomic mass is 9.97. The number of fused-ring (bicyclic) bond motifs is 1. The van der Waals surface area contributed by atoms with Crippen LogP contribution in [0.4, 0.5) is 20.6 Å². The van der Waals surface area contributed by atoms with Gasteiger partial charge in [-0.05, 0) is 42.5 Å². The molecule has 166 valence electrons. The molecule has 2 N–H and O–H groups in total. The summed E-state index contributed by atoms with van der Waals surface area (Å²) >= 11 is 0. The topological polar surface area (TPSA) is 83.3 Å². The van der Waals surface area contributed by atoms with Gasteiger partial charge in [-0.25, -0.2) is 9.18 Å². The van der Waals surface area contributed by atoms with Gasteiger partial charge in [0.15, 0.2) is 0 Å². The number of urea groups is 1. The van der Waals surface area contributed by atoms with Gasteiger partial charge in [0, 0.05) is 53.3 Å². The Morgan fingerprint density at radius 2 is 1.81 bits per heavy atom. The minimum atomic E-state index is -0.230. The van der Waals surface area contributed by atoms with Crippen LogP contribution in [-0.2, 0) is 5.41 Å². The van der Waals surface area contributed by atoms with E-state index in [2.05, 4.69) is 25.7 Å². The Morgan fingerprint density at radius 3 is 2.47 bits per heavy atom. The maximum atomic E-state index is 13.1. The fourth-order valence-corrected chi connectivity index (χ4v) is 4.29. The number of piperidine rings is 1. The summed E-state index contributed by atoms with van der Waals surface area (Å²) in [5.41, 5.74) is 2.21. The first-order chi connectivity index (χ1) is 15.3. The van der Waals surface area contributed by atoms with Crippen molar-refractivity contribution in [2.24, 2.45) is 11.8 Å². The van der Waals surface area contributed by atoms with Crippen molar-refractivity contribution >= 4 is 17.4 Å². The SMILES string of the molecule is CC(C)(C)c1nnc(-c2cccc(NC(=O)NC3C4CN(c5ccc(F)cc5)CC43)c2)o1. The lowest BCUT2D eigenvalue weighted by Crippen LogP contribution is -2.37. The normalized spacial score (nSPS) is 21.9. The number of nitrogens with zero attached hydrogens (tertiary/aromatic N) is 3.